The predicted octanol–water partition coefficient (Wildman–Crippen LogP) is 6.84. The molecular weight excluding hydrogens is 502 g/mol. The molecule has 2 aromatic rings. The first-order valence-corrected chi connectivity index (χ1v) is 15.2. The van der Waals surface area contributed by atoms with Gasteiger partial charge in [0, 0.05) is 6.42 Å². The zero-order valence-electron chi connectivity index (χ0n) is 24.6. The van der Waals surface area contributed by atoms with Crippen molar-refractivity contribution in [1.82, 2.24) is 0 Å². The van der Waals surface area contributed by atoms with Crippen LogP contribution in [0.4, 0.5) is 0 Å². The molecule has 3 N–H and O–H groups in total. The predicted molar refractivity (Wildman–Crippen MR) is 152 cm³/mol. The Morgan fingerprint density at radius 2 is 0.919 bits per heavy atom. The van der Waals surface area contributed by atoms with Crippen LogP contribution in [0.15, 0.2) is 24.3 Å². The molecule has 1 aliphatic rings. The minimum atomic E-state index is -4.64. The van der Waals surface area contributed by atoms with Gasteiger partial charge in [-0.1, -0.05) is 107 Å². The minimum Gasteiger partial charge on any atom is -0.615 e. The van der Waals surface area contributed by atoms with Crippen molar-refractivity contribution < 1.29 is 26.8 Å². The summed E-state index contributed by atoms with van der Waals surface area (Å²) in [5.74, 6) is 2.06. The van der Waals surface area contributed by atoms with Crippen LogP contribution in [-0.4, -0.2) is 30.6 Å². The minimum absolute atomic E-state index is 0.00333. The lowest BCUT2D eigenvalue weighted by Crippen LogP contribution is -2.25. The molecule has 0 amide bonds. The lowest BCUT2D eigenvalue weighted by molar-refractivity contribution is 0.275. The van der Waals surface area contributed by atoms with E-state index in [4.69, 9.17) is 26.8 Å². The second-order valence-corrected chi connectivity index (χ2v) is 15.7. The molecule has 0 atom stereocenters. The van der Waals surface area contributed by atoms with Crippen LogP contribution in [-0.2, 0) is 32.6 Å². The van der Waals surface area contributed by atoms with E-state index in [1.807, 2.05) is 0 Å². The summed E-state index contributed by atoms with van der Waals surface area (Å²) in [4.78, 5) is 21.6. The van der Waals surface area contributed by atoms with Gasteiger partial charge in [0.25, 0.3) is 0 Å². The zero-order chi connectivity index (χ0) is 28.8. The molecule has 0 fully saturated rings. The average molecular weight is 548 g/mol. The normalized spacial score (nSPS) is 14.5. The second-order valence-electron chi connectivity index (χ2n) is 14.0. The van der Waals surface area contributed by atoms with Gasteiger partial charge in [0.15, 0.2) is 0 Å². The topological polar surface area (TPSA) is 96.2 Å². The summed E-state index contributed by atoms with van der Waals surface area (Å²) in [6.07, 6.45) is 0.824. The smallest absolute Gasteiger partial charge is 0.615 e. The highest BCUT2D eigenvalue weighted by molar-refractivity contribution is 7.45. The Balaban J connectivity index is 0.000000877. The summed E-state index contributed by atoms with van der Waals surface area (Å²) >= 11 is -0.638. The first-order valence-electron chi connectivity index (χ1n) is 12.7. The molecule has 0 aromatic heterocycles. The van der Waals surface area contributed by atoms with Crippen molar-refractivity contribution in [3.63, 3.8) is 0 Å². The van der Waals surface area contributed by atoms with Crippen LogP contribution in [0, 0.1) is 0 Å². The van der Waals surface area contributed by atoms with E-state index in [9.17, 15) is 0 Å². The molecule has 0 aliphatic carbocycles. The fraction of sp³-hybridized carbons (Fsp3) is 0.586. The van der Waals surface area contributed by atoms with Gasteiger partial charge < -0.3 is 22.3 Å². The van der Waals surface area contributed by atoms with Gasteiger partial charge in [0.1, 0.15) is 0 Å². The molecule has 0 bridgehead atoms. The highest BCUT2D eigenvalue weighted by atomic mass is 31.2. The highest BCUT2D eigenvalue weighted by Crippen LogP contribution is 2.44. The fourth-order valence-electron chi connectivity index (χ4n) is 4.22. The Labute approximate surface area is 230 Å². The standard InChI is InChI=1S/C29H44O2.Al.H3O4P/c1-26(2,3)20-14-18(24(30)22(16-20)28(7,8)9)13-19-15-21(27(4,5)6)17-23(25(19)31)29(10,11)12;;1-5(2,3)4/h14-17,30-31H,13H2,1-12H3;;(H3,1,2,3,4)/q;+2;/p-2. The van der Waals surface area contributed by atoms with Crippen molar-refractivity contribution in [2.75, 3.05) is 0 Å². The van der Waals surface area contributed by atoms with Crippen molar-refractivity contribution in [2.24, 2.45) is 0 Å². The van der Waals surface area contributed by atoms with Crippen LogP contribution in [0.1, 0.15) is 116 Å². The lowest BCUT2D eigenvalue weighted by atomic mass is 9.76. The molecule has 0 saturated heterocycles. The molecule has 37 heavy (non-hydrogen) atoms. The molecule has 1 radical (unpaired) electrons. The van der Waals surface area contributed by atoms with E-state index in [1.54, 1.807) is 0 Å². The van der Waals surface area contributed by atoms with Gasteiger partial charge in [-0.25, -0.2) is 4.57 Å². The molecule has 1 heterocycles. The van der Waals surface area contributed by atoms with Crippen LogP contribution < -0.4 is 7.58 Å². The van der Waals surface area contributed by atoms with E-state index in [0.717, 1.165) is 17.9 Å². The Hall–Kier alpha value is -1.32. The summed E-state index contributed by atoms with van der Waals surface area (Å²) in [5, 5.41) is 0. The van der Waals surface area contributed by atoms with Crippen molar-refractivity contribution in [3.8, 4) is 11.5 Å². The Bertz CT molecular complexity index is 1080. The van der Waals surface area contributed by atoms with Crippen LogP contribution >= 0.6 is 7.82 Å². The van der Waals surface area contributed by atoms with Gasteiger partial charge in [0.05, 0.1) is 11.5 Å². The van der Waals surface area contributed by atoms with E-state index in [-0.39, 0.29) is 21.7 Å². The molecule has 1 aliphatic heterocycles. The van der Waals surface area contributed by atoms with E-state index >= 15 is 0 Å². The van der Waals surface area contributed by atoms with Crippen LogP contribution in [0.25, 0.3) is 0 Å². The molecule has 0 unspecified atom stereocenters. The van der Waals surface area contributed by atoms with Crippen molar-refractivity contribution in [1.29, 1.82) is 0 Å². The van der Waals surface area contributed by atoms with Crippen LogP contribution in [0.5, 0.6) is 11.5 Å². The van der Waals surface area contributed by atoms with Gasteiger partial charge >= 0.3 is 23.7 Å². The van der Waals surface area contributed by atoms with Crippen LogP contribution in [0.2, 0.25) is 0 Å². The molecule has 0 spiro atoms. The molecule has 0 saturated carbocycles. The fourth-order valence-corrected chi connectivity index (χ4v) is 5.02. The van der Waals surface area contributed by atoms with Gasteiger partial charge in [0.2, 0.25) is 0 Å². The molecular formula is C29H45AlO6P. The summed E-state index contributed by atoms with van der Waals surface area (Å²) in [6.45, 7) is 27.4. The molecule has 6 nitrogen and oxygen atoms in total. The van der Waals surface area contributed by atoms with E-state index < -0.39 is 23.7 Å². The Kier molecular flexibility index (Phi) is 9.21. The van der Waals surface area contributed by atoms with Crippen LogP contribution in [0.3, 0.4) is 0 Å². The number of fused-ring (bicyclic) bond motifs is 2. The molecule has 2 aromatic carbocycles. The van der Waals surface area contributed by atoms with Crippen molar-refractivity contribution in [3.05, 3.63) is 57.6 Å². The largest absolute Gasteiger partial charge is 0.881 e. The summed E-state index contributed by atoms with van der Waals surface area (Å²) in [5.41, 5.74) is 8.01. The van der Waals surface area contributed by atoms with E-state index in [2.05, 4.69) is 107 Å². The average Bonchev–Trinajstić information content (AvgIpc) is 2.62. The van der Waals surface area contributed by atoms with Gasteiger partial charge in [-0.05, 0) is 55.0 Å². The van der Waals surface area contributed by atoms with E-state index in [1.165, 1.54) is 33.4 Å². The highest BCUT2D eigenvalue weighted by Gasteiger charge is 2.31. The third-order valence-corrected chi connectivity index (χ3v) is 7.06. The zero-order valence-corrected chi connectivity index (χ0v) is 26.7. The third kappa shape index (κ3) is 8.85. The Morgan fingerprint density at radius 1 is 0.622 bits per heavy atom. The maximum atomic E-state index is 8.88. The third-order valence-electron chi connectivity index (χ3n) is 6.39. The van der Waals surface area contributed by atoms with E-state index in [0.29, 0.717) is 0 Å². The van der Waals surface area contributed by atoms with Gasteiger partial charge in [-0.15, -0.1) is 0 Å². The second kappa shape index (κ2) is 10.7. The number of benzene rings is 2. The molecule has 8 heteroatoms. The maximum Gasteiger partial charge on any atom is 0.881 e. The number of hydrogen-bond acceptors (Lipinski definition) is 3. The maximum absolute atomic E-state index is 8.88. The first kappa shape index (κ1) is 31.9. The number of hydrogen-bond donors (Lipinski definition) is 3. The summed E-state index contributed by atoms with van der Waals surface area (Å²) in [6, 6.07) is 9.46. The summed E-state index contributed by atoms with van der Waals surface area (Å²) < 4.78 is 21.8. The SMILES string of the molecule is CC(C)(C)c1cc2c(c(C(C)(C)C)c1)[O][Al][O]c1c(cc(C(C)(C)C)cc1C(C)(C)C)C2.O=P(O)(O)O. The summed E-state index contributed by atoms with van der Waals surface area (Å²) in [7, 11) is -4.64. The first-order chi connectivity index (χ1) is 16.4. The Morgan fingerprint density at radius 3 is 1.16 bits per heavy atom. The number of phosphoric acid groups is 1. The lowest BCUT2D eigenvalue weighted by Gasteiger charge is -2.33. The van der Waals surface area contributed by atoms with Crippen molar-refractivity contribution >= 4 is 23.7 Å². The van der Waals surface area contributed by atoms with Gasteiger partial charge in [-0.3, -0.25) is 0 Å². The quantitative estimate of drug-likeness (QED) is 0.247. The van der Waals surface area contributed by atoms with Gasteiger partial charge in [-0.2, -0.15) is 0 Å². The molecule has 3 rings (SSSR count). The van der Waals surface area contributed by atoms with Crippen molar-refractivity contribution in [2.45, 2.75) is 111 Å². The monoisotopic (exact) mass is 547 g/mol. The number of rotatable bonds is 0. The molecule has 205 valence electrons.